The van der Waals surface area contributed by atoms with Gasteiger partial charge in [-0.25, -0.2) is 0 Å². The first-order valence-corrected chi connectivity index (χ1v) is 12.0. The topological polar surface area (TPSA) is 41.5 Å². The summed E-state index contributed by atoms with van der Waals surface area (Å²) in [7, 11) is 0. The zero-order valence-electron chi connectivity index (χ0n) is 16.7. The molecule has 3 nitrogen and oxygen atoms in total. The smallest absolute Gasteiger partial charge is 0.121 e. The molecule has 0 amide bonds. The highest BCUT2D eigenvalue weighted by Crippen LogP contribution is 2.35. The summed E-state index contributed by atoms with van der Waals surface area (Å²) in [6.45, 7) is 2.07. The highest BCUT2D eigenvalue weighted by Gasteiger charge is 2.40. The van der Waals surface area contributed by atoms with Crippen LogP contribution in [0, 0.1) is 0 Å². The second-order valence-electron chi connectivity index (χ2n) is 7.05. The van der Waals surface area contributed by atoms with Crippen LogP contribution in [0.1, 0.15) is 11.1 Å². The lowest BCUT2D eigenvalue weighted by molar-refractivity contribution is -0.124. The van der Waals surface area contributed by atoms with Gasteiger partial charge in [-0.3, -0.25) is 0 Å². The number of aliphatic hydroxyl groups is 1. The molecule has 0 spiro atoms. The molecule has 2 atom stereocenters. The van der Waals surface area contributed by atoms with E-state index >= 15 is 0 Å². The molecule has 1 fully saturated rings. The van der Waals surface area contributed by atoms with Crippen molar-refractivity contribution in [2.24, 2.45) is 0 Å². The molecular weight excluding hydrogens is 473 g/mol. The van der Waals surface area contributed by atoms with Gasteiger partial charge < -0.3 is 15.2 Å². The largest absolute Gasteiger partial charge is 0.382 e. The lowest BCUT2D eigenvalue weighted by Crippen LogP contribution is -2.52. The number of rotatable bonds is 5. The van der Waals surface area contributed by atoms with Crippen LogP contribution in [0.15, 0.2) is 84.9 Å². The van der Waals surface area contributed by atoms with Gasteiger partial charge in [-0.2, -0.15) is 0 Å². The van der Waals surface area contributed by atoms with Gasteiger partial charge in [0.15, 0.2) is 0 Å². The van der Waals surface area contributed by atoms with Crippen LogP contribution in [0.5, 0.6) is 0 Å². The van der Waals surface area contributed by atoms with Gasteiger partial charge in [0.1, 0.15) is 11.7 Å². The van der Waals surface area contributed by atoms with E-state index in [1.54, 1.807) is 0 Å². The third-order valence-electron chi connectivity index (χ3n) is 5.30. The van der Waals surface area contributed by atoms with Crippen LogP contribution in [0.3, 0.4) is 0 Å². The quantitative estimate of drug-likeness (QED) is 0.389. The summed E-state index contributed by atoms with van der Waals surface area (Å²) < 4.78 is 6.00. The molecule has 1 aliphatic rings. The van der Waals surface area contributed by atoms with E-state index in [9.17, 15) is 5.11 Å². The maximum atomic E-state index is 11.9. The monoisotopic (exact) mass is 501 g/mol. The van der Waals surface area contributed by atoms with Crippen molar-refractivity contribution in [2.45, 2.75) is 18.1 Å². The van der Waals surface area contributed by atoms with Crippen LogP contribution in [0.2, 0.25) is 0 Å². The van der Waals surface area contributed by atoms with E-state index in [2.05, 4.69) is 52.2 Å². The van der Waals surface area contributed by atoms with Gasteiger partial charge >= 0.3 is 0 Å². The van der Waals surface area contributed by atoms with Crippen LogP contribution in [0.25, 0.3) is 11.1 Å². The minimum atomic E-state index is -1.10. The predicted octanol–water partition coefficient (Wildman–Crippen LogP) is 4.82. The van der Waals surface area contributed by atoms with Crippen molar-refractivity contribution in [1.29, 1.82) is 0 Å². The number of alkyl halides is 1. The second-order valence-corrected chi connectivity index (χ2v) is 7.05. The van der Waals surface area contributed by atoms with Gasteiger partial charge in [-0.05, 0) is 27.2 Å². The third kappa shape index (κ3) is 5.25. The van der Waals surface area contributed by atoms with Crippen LogP contribution in [-0.4, -0.2) is 35.8 Å². The Hall–Kier alpha value is -1.73. The molecule has 0 aromatic heterocycles. The molecule has 152 valence electrons. The minimum absolute atomic E-state index is 0.294. The summed E-state index contributed by atoms with van der Waals surface area (Å²) in [5.74, 6) is 0. The Morgan fingerprint density at radius 1 is 0.931 bits per heavy atom. The molecule has 1 saturated heterocycles. The van der Waals surface area contributed by atoms with Gasteiger partial charge in [-0.1, -0.05) is 108 Å². The van der Waals surface area contributed by atoms with E-state index in [4.69, 9.17) is 4.74 Å². The molecule has 0 unspecified atom stereocenters. The molecule has 4 rings (SSSR count). The number of nitrogens with one attached hydrogen (secondary N) is 1. The molecule has 3 aromatic rings. The van der Waals surface area contributed by atoms with Gasteiger partial charge in [0.2, 0.25) is 0 Å². The number of benzene rings is 3. The normalized spacial score (nSPS) is 18.2. The van der Waals surface area contributed by atoms with E-state index in [1.165, 1.54) is 0 Å². The van der Waals surface area contributed by atoms with Crippen molar-refractivity contribution in [2.75, 3.05) is 24.6 Å². The van der Waals surface area contributed by atoms with Crippen molar-refractivity contribution in [3.8, 4) is 11.1 Å². The van der Waals surface area contributed by atoms with Crippen molar-refractivity contribution in [3.63, 3.8) is 0 Å². The summed E-state index contributed by atoms with van der Waals surface area (Å²) in [5.41, 5.74) is 3.22. The lowest BCUT2D eigenvalue weighted by atomic mass is 9.80. The Bertz CT molecular complexity index is 866. The number of halogens is 1. The summed E-state index contributed by atoms with van der Waals surface area (Å²) in [4.78, 5) is 1.97. The fourth-order valence-corrected chi connectivity index (χ4v) is 3.86. The van der Waals surface area contributed by atoms with Crippen molar-refractivity contribution >= 4 is 22.6 Å². The van der Waals surface area contributed by atoms with E-state index in [0.717, 1.165) is 28.8 Å². The Morgan fingerprint density at radius 3 is 2.21 bits per heavy atom. The number of hydrogen-bond donors (Lipinski definition) is 2. The van der Waals surface area contributed by atoms with Gasteiger partial charge in [-0.15, -0.1) is 0 Å². The summed E-state index contributed by atoms with van der Waals surface area (Å²) in [6, 6.07) is 28.5. The molecule has 0 radical (unpaired) electrons. The molecule has 2 N–H and O–H groups in total. The zero-order chi connectivity index (χ0) is 20.5. The summed E-state index contributed by atoms with van der Waals surface area (Å²) >= 11 is 2.15. The van der Waals surface area contributed by atoms with Gasteiger partial charge in [0.25, 0.3) is 0 Å². The Morgan fingerprint density at radius 2 is 1.55 bits per heavy atom. The summed E-state index contributed by atoms with van der Waals surface area (Å²) in [5, 5.41) is 15.2. The second kappa shape index (κ2) is 10.9. The van der Waals surface area contributed by atoms with Crippen LogP contribution >= 0.6 is 22.6 Å². The maximum Gasteiger partial charge on any atom is 0.121 e. The SMILES string of the molecule is CI.O[C@](Cc1ccccc1-c1ccccc1)(c1ccccc1)[C@H]1CNCCO1. The molecule has 29 heavy (non-hydrogen) atoms. The Balaban J connectivity index is 0.00000117. The first kappa shape index (κ1) is 22.0. The first-order chi connectivity index (χ1) is 14.3. The molecule has 0 bridgehead atoms. The zero-order valence-corrected chi connectivity index (χ0v) is 18.9. The van der Waals surface area contributed by atoms with Crippen molar-refractivity contribution < 1.29 is 9.84 Å². The van der Waals surface area contributed by atoms with Crippen LogP contribution in [-0.2, 0) is 16.8 Å². The number of hydrogen-bond acceptors (Lipinski definition) is 3. The molecule has 3 aromatic carbocycles. The average molecular weight is 501 g/mol. The molecule has 0 saturated carbocycles. The lowest BCUT2D eigenvalue weighted by Gasteiger charge is -2.39. The minimum Gasteiger partial charge on any atom is -0.382 e. The van der Waals surface area contributed by atoms with Gasteiger partial charge in [0.05, 0.1) is 6.61 Å². The highest BCUT2D eigenvalue weighted by molar-refractivity contribution is 14.1. The molecule has 1 aliphatic heterocycles. The van der Waals surface area contributed by atoms with Crippen LogP contribution < -0.4 is 5.32 Å². The first-order valence-electron chi connectivity index (χ1n) is 9.89. The maximum absolute atomic E-state index is 11.9. The third-order valence-corrected chi connectivity index (χ3v) is 5.30. The van der Waals surface area contributed by atoms with E-state index in [1.807, 2.05) is 65.6 Å². The molecule has 1 heterocycles. The van der Waals surface area contributed by atoms with E-state index < -0.39 is 5.60 Å². The fraction of sp³-hybridized carbons (Fsp3) is 0.280. The molecule has 4 heteroatoms. The van der Waals surface area contributed by atoms with Crippen LogP contribution in [0.4, 0.5) is 0 Å². The fourth-order valence-electron chi connectivity index (χ4n) is 3.86. The molecule has 0 aliphatic carbocycles. The number of ether oxygens (including phenoxy) is 1. The Labute approximate surface area is 187 Å². The van der Waals surface area contributed by atoms with Crippen molar-refractivity contribution in [1.82, 2.24) is 5.32 Å². The van der Waals surface area contributed by atoms with Gasteiger partial charge in [0, 0.05) is 19.5 Å². The summed E-state index contributed by atoms with van der Waals surface area (Å²) in [6.07, 6.45) is 0.200. The Kier molecular flexibility index (Phi) is 8.24. The standard InChI is InChI=1S/C24H25NO2.CH3I/c26-24(21-12-5-2-6-13-21,23-18-25-15-16-27-23)17-20-11-7-8-14-22(20)19-9-3-1-4-10-19;1-2/h1-14,23,25-26H,15-18H2;1H3/t23-,24-;/m1./s1. The molecular formula is C25H28INO2. The predicted molar refractivity (Wildman–Crippen MR) is 128 cm³/mol. The number of morpholine rings is 1. The van der Waals surface area contributed by atoms with Crippen molar-refractivity contribution in [3.05, 3.63) is 96.1 Å². The van der Waals surface area contributed by atoms with E-state index in [-0.39, 0.29) is 6.10 Å². The van der Waals surface area contributed by atoms with E-state index in [0.29, 0.717) is 19.6 Å². The average Bonchev–Trinajstić information content (AvgIpc) is 2.82. The highest BCUT2D eigenvalue weighted by atomic mass is 127.